The van der Waals surface area contributed by atoms with E-state index in [2.05, 4.69) is 21.2 Å². The summed E-state index contributed by atoms with van der Waals surface area (Å²) in [7, 11) is 1.62. The van der Waals surface area contributed by atoms with Gasteiger partial charge in [0, 0.05) is 26.3 Å². The van der Waals surface area contributed by atoms with Gasteiger partial charge in [0.15, 0.2) is 0 Å². The molecule has 1 aliphatic rings. The smallest absolute Gasteiger partial charge is 0.227 e. The van der Waals surface area contributed by atoms with E-state index < -0.39 is 5.41 Å². The quantitative estimate of drug-likeness (QED) is 0.843. The van der Waals surface area contributed by atoms with E-state index in [4.69, 9.17) is 15.2 Å². The van der Waals surface area contributed by atoms with Gasteiger partial charge in [-0.3, -0.25) is 4.79 Å². The molecule has 1 aliphatic heterocycles. The average Bonchev–Trinajstić information content (AvgIpc) is 2.53. The van der Waals surface area contributed by atoms with E-state index in [1.807, 2.05) is 18.2 Å². The first-order chi connectivity index (χ1) is 10.1. The molecule has 3 N–H and O–H groups in total. The number of halogens is 1. The number of methoxy groups -OCH3 is 1. The normalized spacial score (nSPS) is 17.3. The number of carbonyl (C=O) groups is 1. The van der Waals surface area contributed by atoms with Gasteiger partial charge < -0.3 is 20.5 Å². The van der Waals surface area contributed by atoms with Crippen molar-refractivity contribution in [1.29, 1.82) is 0 Å². The zero-order valence-electron chi connectivity index (χ0n) is 12.2. The number of amides is 1. The second-order valence-electron chi connectivity index (χ2n) is 5.25. The third kappa shape index (κ3) is 3.75. The molecule has 0 unspecified atom stereocenters. The topological polar surface area (TPSA) is 73.6 Å². The largest absolute Gasteiger partial charge is 0.496 e. The lowest BCUT2D eigenvalue weighted by Crippen LogP contribution is -2.48. The fourth-order valence-electron chi connectivity index (χ4n) is 2.48. The van der Waals surface area contributed by atoms with Crippen LogP contribution in [0.25, 0.3) is 0 Å². The van der Waals surface area contributed by atoms with Gasteiger partial charge in [0.05, 0.1) is 17.0 Å². The van der Waals surface area contributed by atoms with E-state index in [0.717, 1.165) is 15.8 Å². The Kier molecular flexibility index (Phi) is 5.61. The monoisotopic (exact) mass is 356 g/mol. The number of benzene rings is 1. The fraction of sp³-hybridized carbons (Fsp3) is 0.533. The Balaban J connectivity index is 1.98. The lowest BCUT2D eigenvalue weighted by Gasteiger charge is -2.34. The maximum atomic E-state index is 12.4. The minimum Gasteiger partial charge on any atom is -0.496 e. The lowest BCUT2D eigenvalue weighted by atomic mass is 9.79. The summed E-state index contributed by atoms with van der Waals surface area (Å²) in [6.45, 7) is 2.02. The lowest BCUT2D eigenvalue weighted by molar-refractivity contribution is -0.136. The Hall–Kier alpha value is -1.11. The zero-order chi connectivity index (χ0) is 15.3. The molecule has 6 heteroatoms. The summed E-state index contributed by atoms with van der Waals surface area (Å²) in [5, 5.41) is 2.99. The Morgan fingerprint density at radius 1 is 1.48 bits per heavy atom. The summed E-state index contributed by atoms with van der Waals surface area (Å²) in [4.78, 5) is 12.4. The van der Waals surface area contributed by atoms with Crippen molar-refractivity contribution in [3.63, 3.8) is 0 Å². The third-order valence-electron chi connectivity index (χ3n) is 3.99. The molecule has 0 spiro atoms. The molecule has 116 valence electrons. The van der Waals surface area contributed by atoms with E-state index >= 15 is 0 Å². The Bertz CT molecular complexity index is 502. The van der Waals surface area contributed by atoms with Crippen molar-refractivity contribution in [3.05, 3.63) is 28.2 Å². The summed E-state index contributed by atoms with van der Waals surface area (Å²) >= 11 is 3.44. The SMILES string of the molecule is COc1ccc(CNC(=O)C2(CN)CCOCC2)cc1Br. The predicted molar refractivity (Wildman–Crippen MR) is 84.1 cm³/mol. The van der Waals surface area contributed by atoms with Crippen LogP contribution < -0.4 is 15.8 Å². The number of ether oxygens (including phenoxy) is 2. The predicted octanol–water partition coefficient (Wildman–Crippen LogP) is 1.83. The number of nitrogens with one attached hydrogen (secondary N) is 1. The van der Waals surface area contributed by atoms with Crippen molar-refractivity contribution >= 4 is 21.8 Å². The highest BCUT2D eigenvalue weighted by molar-refractivity contribution is 9.10. The second kappa shape index (κ2) is 7.24. The summed E-state index contributed by atoms with van der Waals surface area (Å²) < 4.78 is 11.4. The van der Waals surface area contributed by atoms with E-state index in [0.29, 0.717) is 39.1 Å². The van der Waals surface area contributed by atoms with Crippen LogP contribution in [-0.4, -0.2) is 32.8 Å². The minimum atomic E-state index is -0.484. The van der Waals surface area contributed by atoms with E-state index in [-0.39, 0.29) is 5.91 Å². The molecular formula is C15H21BrN2O3. The molecule has 21 heavy (non-hydrogen) atoms. The highest BCUT2D eigenvalue weighted by Crippen LogP contribution is 2.30. The molecular weight excluding hydrogens is 336 g/mol. The highest BCUT2D eigenvalue weighted by atomic mass is 79.9. The van der Waals surface area contributed by atoms with Gasteiger partial charge in [0.25, 0.3) is 0 Å². The van der Waals surface area contributed by atoms with Crippen molar-refractivity contribution in [2.45, 2.75) is 19.4 Å². The molecule has 1 amide bonds. The molecule has 1 aromatic rings. The first-order valence-corrected chi connectivity index (χ1v) is 7.79. The van der Waals surface area contributed by atoms with Gasteiger partial charge in [-0.25, -0.2) is 0 Å². The van der Waals surface area contributed by atoms with Crippen LogP contribution in [0.15, 0.2) is 22.7 Å². The van der Waals surface area contributed by atoms with Crippen LogP contribution in [0.2, 0.25) is 0 Å². The molecule has 1 saturated heterocycles. The van der Waals surface area contributed by atoms with Crippen molar-refractivity contribution in [3.8, 4) is 5.75 Å². The molecule has 0 saturated carbocycles. The molecule has 0 atom stereocenters. The average molecular weight is 357 g/mol. The molecule has 0 bridgehead atoms. The number of nitrogens with two attached hydrogens (primary N) is 1. The molecule has 1 aromatic carbocycles. The van der Waals surface area contributed by atoms with E-state index in [1.54, 1.807) is 7.11 Å². The van der Waals surface area contributed by atoms with Crippen LogP contribution in [0, 0.1) is 5.41 Å². The first kappa shape index (κ1) is 16.3. The first-order valence-electron chi connectivity index (χ1n) is 7.00. The van der Waals surface area contributed by atoms with Crippen molar-refractivity contribution < 1.29 is 14.3 Å². The standard InChI is InChI=1S/C15H21BrN2O3/c1-20-13-3-2-11(8-12(13)16)9-18-14(19)15(10-17)4-6-21-7-5-15/h2-3,8H,4-7,9-10,17H2,1H3,(H,18,19). The number of hydrogen-bond acceptors (Lipinski definition) is 4. The molecule has 0 aliphatic carbocycles. The van der Waals surface area contributed by atoms with Crippen LogP contribution in [0.3, 0.4) is 0 Å². The Labute approximate surface area is 133 Å². The van der Waals surface area contributed by atoms with Crippen LogP contribution in [0.4, 0.5) is 0 Å². The second-order valence-corrected chi connectivity index (χ2v) is 6.10. The fourth-order valence-corrected chi connectivity index (χ4v) is 3.06. The van der Waals surface area contributed by atoms with Crippen LogP contribution >= 0.6 is 15.9 Å². The van der Waals surface area contributed by atoms with Gasteiger partial charge in [0.2, 0.25) is 5.91 Å². The maximum Gasteiger partial charge on any atom is 0.227 e. The van der Waals surface area contributed by atoms with Gasteiger partial charge in [0.1, 0.15) is 5.75 Å². The molecule has 5 nitrogen and oxygen atoms in total. The number of hydrogen-bond donors (Lipinski definition) is 2. The molecule has 2 rings (SSSR count). The van der Waals surface area contributed by atoms with Gasteiger partial charge in [-0.05, 0) is 46.5 Å². The molecule has 1 heterocycles. The molecule has 1 fully saturated rings. The zero-order valence-corrected chi connectivity index (χ0v) is 13.7. The van der Waals surface area contributed by atoms with E-state index in [1.165, 1.54) is 0 Å². The minimum absolute atomic E-state index is 0.0141. The van der Waals surface area contributed by atoms with Gasteiger partial charge in [-0.15, -0.1) is 0 Å². The third-order valence-corrected chi connectivity index (χ3v) is 4.61. The Morgan fingerprint density at radius 3 is 2.76 bits per heavy atom. The highest BCUT2D eigenvalue weighted by Gasteiger charge is 2.38. The summed E-state index contributed by atoms with van der Waals surface area (Å²) in [6, 6.07) is 5.75. The van der Waals surface area contributed by atoms with E-state index in [9.17, 15) is 4.79 Å². The van der Waals surface area contributed by atoms with Gasteiger partial charge >= 0.3 is 0 Å². The van der Waals surface area contributed by atoms with Crippen LogP contribution in [0.1, 0.15) is 18.4 Å². The Morgan fingerprint density at radius 2 is 2.19 bits per heavy atom. The number of carbonyl (C=O) groups excluding carboxylic acids is 1. The summed E-state index contributed by atoms with van der Waals surface area (Å²) in [5.41, 5.74) is 6.36. The summed E-state index contributed by atoms with van der Waals surface area (Å²) in [6.07, 6.45) is 1.36. The number of rotatable bonds is 5. The molecule has 0 radical (unpaired) electrons. The van der Waals surface area contributed by atoms with Crippen LogP contribution in [-0.2, 0) is 16.1 Å². The maximum absolute atomic E-state index is 12.4. The van der Waals surface area contributed by atoms with Crippen molar-refractivity contribution in [2.24, 2.45) is 11.1 Å². The summed E-state index contributed by atoms with van der Waals surface area (Å²) in [5.74, 6) is 0.785. The van der Waals surface area contributed by atoms with Crippen molar-refractivity contribution in [1.82, 2.24) is 5.32 Å². The van der Waals surface area contributed by atoms with Gasteiger partial charge in [-0.2, -0.15) is 0 Å². The molecule has 0 aromatic heterocycles. The van der Waals surface area contributed by atoms with Crippen LogP contribution in [0.5, 0.6) is 5.75 Å². The van der Waals surface area contributed by atoms with Gasteiger partial charge in [-0.1, -0.05) is 6.07 Å². The van der Waals surface area contributed by atoms with Crippen molar-refractivity contribution in [2.75, 3.05) is 26.9 Å².